The van der Waals surface area contributed by atoms with Gasteiger partial charge in [-0.05, 0) is 24.9 Å². The second-order valence-corrected chi connectivity index (χ2v) is 5.68. The van der Waals surface area contributed by atoms with Crippen LogP contribution in [0, 0.1) is 5.92 Å². The maximum Gasteiger partial charge on any atom is 0.0963 e. The Morgan fingerprint density at radius 2 is 2.16 bits per heavy atom. The van der Waals surface area contributed by atoms with Gasteiger partial charge in [-0.2, -0.15) is 0 Å². The zero-order chi connectivity index (χ0) is 13.5. The normalized spacial score (nSPS) is 17.2. The highest BCUT2D eigenvalue weighted by molar-refractivity contribution is 6.31. The van der Waals surface area contributed by atoms with Crippen LogP contribution in [0.3, 0.4) is 0 Å². The van der Waals surface area contributed by atoms with Crippen LogP contribution in [0.1, 0.15) is 44.3 Å². The number of benzene rings is 1. The van der Waals surface area contributed by atoms with E-state index in [1.54, 1.807) is 0 Å². The molecule has 1 aliphatic carbocycles. The summed E-state index contributed by atoms with van der Waals surface area (Å²) in [4.78, 5) is 0. The van der Waals surface area contributed by atoms with Crippen LogP contribution in [-0.2, 0) is 4.74 Å². The molecule has 0 aromatic heterocycles. The number of nitrogens with one attached hydrogen (secondary N) is 1. The van der Waals surface area contributed by atoms with Gasteiger partial charge in [0.15, 0.2) is 0 Å². The van der Waals surface area contributed by atoms with Crippen LogP contribution in [0.2, 0.25) is 5.02 Å². The van der Waals surface area contributed by atoms with Gasteiger partial charge in [-0.3, -0.25) is 0 Å². The summed E-state index contributed by atoms with van der Waals surface area (Å²) in [5.41, 5.74) is 1.10. The monoisotopic (exact) mass is 281 g/mol. The van der Waals surface area contributed by atoms with Crippen molar-refractivity contribution < 1.29 is 4.74 Å². The van der Waals surface area contributed by atoms with Crippen LogP contribution in [0.5, 0.6) is 0 Å². The van der Waals surface area contributed by atoms with E-state index in [-0.39, 0.29) is 6.10 Å². The Balaban J connectivity index is 1.88. The number of likely N-dealkylation sites (N-methyl/N-ethyl adjacent to an activating group) is 1. The molecule has 1 fully saturated rings. The fraction of sp³-hybridized carbons (Fsp3) is 0.625. The quantitative estimate of drug-likeness (QED) is 0.771. The van der Waals surface area contributed by atoms with Crippen LogP contribution in [-0.4, -0.2) is 19.7 Å². The highest BCUT2D eigenvalue weighted by Crippen LogP contribution is 2.30. The predicted molar refractivity (Wildman–Crippen MR) is 80.6 cm³/mol. The van der Waals surface area contributed by atoms with Crippen molar-refractivity contribution >= 4 is 11.6 Å². The summed E-state index contributed by atoms with van der Waals surface area (Å²) < 4.78 is 6.07. The van der Waals surface area contributed by atoms with Crippen molar-refractivity contribution in [3.05, 3.63) is 34.9 Å². The third-order valence-electron chi connectivity index (χ3n) is 3.90. The van der Waals surface area contributed by atoms with Crippen molar-refractivity contribution in [1.29, 1.82) is 0 Å². The van der Waals surface area contributed by atoms with Gasteiger partial charge >= 0.3 is 0 Å². The molecule has 1 saturated carbocycles. The maximum absolute atomic E-state index is 6.27. The molecule has 3 heteroatoms. The molecule has 0 radical (unpaired) electrons. The molecule has 0 amide bonds. The van der Waals surface area contributed by atoms with Crippen LogP contribution >= 0.6 is 11.6 Å². The summed E-state index contributed by atoms with van der Waals surface area (Å²) in [6, 6.07) is 7.98. The van der Waals surface area contributed by atoms with E-state index >= 15 is 0 Å². The predicted octanol–water partition coefficient (Wildman–Crippen LogP) is 4.20. The Kier molecular flexibility index (Phi) is 6.15. The van der Waals surface area contributed by atoms with Gasteiger partial charge in [0.2, 0.25) is 0 Å². The first kappa shape index (κ1) is 14.8. The van der Waals surface area contributed by atoms with Crippen molar-refractivity contribution in [3.8, 4) is 0 Å². The molecule has 1 aromatic rings. The first-order valence-electron chi connectivity index (χ1n) is 7.38. The lowest BCUT2D eigenvalue weighted by molar-refractivity contribution is 0.0375. The van der Waals surface area contributed by atoms with E-state index in [0.29, 0.717) is 0 Å². The van der Waals surface area contributed by atoms with E-state index in [4.69, 9.17) is 16.3 Å². The van der Waals surface area contributed by atoms with Gasteiger partial charge in [0, 0.05) is 23.7 Å². The van der Waals surface area contributed by atoms with Gasteiger partial charge in [-0.1, -0.05) is 56.0 Å². The SMILES string of the molecule is CCNCC(OCCC1CCC1)c1ccccc1Cl. The number of ether oxygens (including phenoxy) is 1. The number of hydrogen-bond donors (Lipinski definition) is 1. The zero-order valence-electron chi connectivity index (χ0n) is 11.7. The molecule has 1 aliphatic rings. The van der Waals surface area contributed by atoms with Crippen molar-refractivity contribution in [2.75, 3.05) is 19.7 Å². The Labute approximate surface area is 121 Å². The fourth-order valence-corrected chi connectivity index (χ4v) is 2.69. The van der Waals surface area contributed by atoms with Gasteiger partial charge in [-0.25, -0.2) is 0 Å². The van der Waals surface area contributed by atoms with Crippen molar-refractivity contribution in [3.63, 3.8) is 0 Å². The third kappa shape index (κ3) is 4.48. The topological polar surface area (TPSA) is 21.3 Å². The molecule has 2 nitrogen and oxygen atoms in total. The standard InChI is InChI=1S/C16H24ClNO/c1-2-18-12-16(14-8-3-4-9-15(14)17)19-11-10-13-6-5-7-13/h3-4,8-9,13,16,18H,2,5-7,10-12H2,1H3. The molecule has 1 N–H and O–H groups in total. The molecule has 1 atom stereocenters. The van der Waals surface area contributed by atoms with Crippen molar-refractivity contribution in [2.45, 2.75) is 38.7 Å². The summed E-state index contributed by atoms with van der Waals surface area (Å²) in [6.45, 7) is 4.72. The zero-order valence-corrected chi connectivity index (χ0v) is 12.5. The highest BCUT2D eigenvalue weighted by Gasteiger charge is 2.19. The summed E-state index contributed by atoms with van der Waals surface area (Å²) >= 11 is 6.27. The molecule has 0 spiro atoms. The molecular formula is C16H24ClNO. The van der Waals surface area contributed by atoms with Crippen molar-refractivity contribution in [2.24, 2.45) is 5.92 Å². The van der Waals surface area contributed by atoms with E-state index in [0.717, 1.165) is 36.2 Å². The molecule has 0 saturated heterocycles. The van der Waals surface area contributed by atoms with Gasteiger partial charge in [-0.15, -0.1) is 0 Å². The summed E-state index contributed by atoms with van der Waals surface area (Å²) in [5, 5.41) is 4.16. The number of hydrogen-bond acceptors (Lipinski definition) is 2. The number of halogens is 1. The first-order valence-corrected chi connectivity index (χ1v) is 7.75. The van der Waals surface area contributed by atoms with Gasteiger partial charge in [0.05, 0.1) is 6.10 Å². The van der Waals surface area contributed by atoms with E-state index in [1.165, 1.54) is 25.7 Å². The molecule has 1 aromatic carbocycles. The fourth-order valence-electron chi connectivity index (χ4n) is 2.43. The Hall–Kier alpha value is -0.570. The van der Waals surface area contributed by atoms with Crippen LogP contribution in [0.4, 0.5) is 0 Å². The van der Waals surface area contributed by atoms with Gasteiger partial charge in [0.25, 0.3) is 0 Å². The molecule has 0 heterocycles. The minimum atomic E-state index is 0.0636. The summed E-state index contributed by atoms with van der Waals surface area (Å²) in [7, 11) is 0. The van der Waals surface area contributed by atoms with E-state index in [2.05, 4.69) is 18.3 Å². The molecule has 0 aliphatic heterocycles. The molecular weight excluding hydrogens is 258 g/mol. The van der Waals surface area contributed by atoms with Crippen LogP contribution < -0.4 is 5.32 Å². The molecule has 19 heavy (non-hydrogen) atoms. The number of rotatable bonds is 8. The molecule has 1 unspecified atom stereocenters. The van der Waals surface area contributed by atoms with E-state index in [1.807, 2.05) is 18.2 Å². The van der Waals surface area contributed by atoms with Crippen LogP contribution in [0.15, 0.2) is 24.3 Å². The molecule has 2 rings (SSSR count). The van der Waals surface area contributed by atoms with Crippen molar-refractivity contribution in [1.82, 2.24) is 5.32 Å². The lowest BCUT2D eigenvalue weighted by Crippen LogP contribution is -2.24. The van der Waals surface area contributed by atoms with Gasteiger partial charge in [0.1, 0.15) is 0 Å². The summed E-state index contributed by atoms with van der Waals surface area (Å²) in [5.74, 6) is 0.894. The van der Waals surface area contributed by atoms with Gasteiger partial charge < -0.3 is 10.1 Å². The van der Waals surface area contributed by atoms with Crippen LogP contribution in [0.25, 0.3) is 0 Å². The Morgan fingerprint density at radius 1 is 1.37 bits per heavy atom. The Morgan fingerprint density at radius 3 is 2.79 bits per heavy atom. The van der Waals surface area contributed by atoms with E-state index < -0.39 is 0 Å². The lowest BCUT2D eigenvalue weighted by Gasteiger charge is -2.26. The van der Waals surface area contributed by atoms with E-state index in [9.17, 15) is 0 Å². The average Bonchev–Trinajstić information content (AvgIpc) is 2.37. The highest BCUT2D eigenvalue weighted by atomic mass is 35.5. The minimum Gasteiger partial charge on any atom is -0.372 e. The smallest absolute Gasteiger partial charge is 0.0963 e. The molecule has 0 bridgehead atoms. The second kappa shape index (κ2) is 7.88. The largest absolute Gasteiger partial charge is 0.372 e. The molecule has 106 valence electrons. The Bertz CT molecular complexity index is 379. The third-order valence-corrected chi connectivity index (χ3v) is 4.25. The average molecular weight is 282 g/mol. The summed E-state index contributed by atoms with van der Waals surface area (Å²) in [6.07, 6.45) is 5.41. The maximum atomic E-state index is 6.27. The lowest BCUT2D eigenvalue weighted by atomic mass is 9.83. The second-order valence-electron chi connectivity index (χ2n) is 5.27. The minimum absolute atomic E-state index is 0.0636. The first-order chi connectivity index (χ1) is 9.31.